The highest BCUT2D eigenvalue weighted by Crippen LogP contribution is 2.17. The molecule has 0 fully saturated rings. The first-order valence-electron chi connectivity index (χ1n) is 5.88. The molecule has 3 nitrogen and oxygen atoms in total. The fourth-order valence-electron chi connectivity index (χ4n) is 1.79. The number of aliphatic hydroxyl groups excluding tert-OH is 1. The van der Waals surface area contributed by atoms with Crippen molar-refractivity contribution in [2.75, 3.05) is 0 Å². The van der Waals surface area contributed by atoms with E-state index in [-0.39, 0.29) is 6.61 Å². The van der Waals surface area contributed by atoms with E-state index in [0.29, 0.717) is 5.92 Å². The lowest BCUT2D eigenvalue weighted by Crippen LogP contribution is -1.99. The molecular formula is C14H18N2O. The van der Waals surface area contributed by atoms with Crippen LogP contribution in [0, 0.1) is 6.92 Å². The zero-order chi connectivity index (χ0) is 12.4. The summed E-state index contributed by atoms with van der Waals surface area (Å²) in [6.45, 7) is 6.35. The lowest BCUT2D eigenvalue weighted by Gasteiger charge is -2.06. The van der Waals surface area contributed by atoms with Crippen LogP contribution in [0.2, 0.25) is 0 Å². The van der Waals surface area contributed by atoms with E-state index in [1.54, 1.807) is 0 Å². The molecule has 1 N–H and O–H groups in total. The Kier molecular flexibility index (Phi) is 3.29. The molecule has 0 saturated carbocycles. The Hall–Kier alpha value is -1.61. The van der Waals surface area contributed by atoms with Crippen molar-refractivity contribution >= 4 is 0 Å². The molecule has 2 aromatic rings. The van der Waals surface area contributed by atoms with Crippen molar-refractivity contribution in [2.24, 2.45) is 0 Å². The molecule has 0 spiro atoms. The van der Waals surface area contributed by atoms with Crippen molar-refractivity contribution in [3.8, 4) is 5.69 Å². The van der Waals surface area contributed by atoms with Crippen LogP contribution in [0.25, 0.3) is 5.69 Å². The third-order valence-electron chi connectivity index (χ3n) is 2.96. The van der Waals surface area contributed by atoms with E-state index in [0.717, 1.165) is 22.5 Å². The quantitative estimate of drug-likeness (QED) is 0.880. The van der Waals surface area contributed by atoms with Gasteiger partial charge in [-0.3, -0.25) is 0 Å². The molecule has 0 aliphatic carbocycles. The van der Waals surface area contributed by atoms with E-state index >= 15 is 0 Å². The Morgan fingerprint density at radius 1 is 1.29 bits per heavy atom. The molecule has 0 amide bonds. The van der Waals surface area contributed by atoms with Crippen LogP contribution in [0.3, 0.4) is 0 Å². The summed E-state index contributed by atoms with van der Waals surface area (Å²) in [6, 6.07) is 8.01. The van der Waals surface area contributed by atoms with Gasteiger partial charge in [-0.2, -0.15) is 5.10 Å². The molecule has 0 bridgehead atoms. The Labute approximate surface area is 102 Å². The molecule has 17 heavy (non-hydrogen) atoms. The van der Waals surface area contributed by atoms with Gasteiger partial charge in [0.25, 0.3) is 0 Å². The number of aryl methyl sites for hydroxylation is 1. The van der Waals surface area contributed by atoms with Crippen LogP contribution in [0.4, 0.5) is 0 Å². The standard InChI is InChI=1S/C14H18N2O/c1-10(2)14-6-7-16(15-14)13-5-4-12(9-17)11(3)8-13/h4-8,10,17H,9H2,1-3H3. The van der Waals surface area contributed by atoms with E-state index in [4.69, 9.17) is 5.11 Å². The molecule has 1 heterocycles. The number of aromatic nitrogens is 2. The molecule has 1 aromatic carbocycles. The van der Waals surface area contributed by atoms with Gasteiger partial charge < -0.3 is 5.11 Å². The average molecular weight is 230 g/mol. The summed E-state index contributed by atoms with van der Waals surface area (Å²) >= 11 is 0. The second-order valence-corrected chi connectivity index (χ2v) is 4.61. The monoisotopic (exact) mass is 230 g/mol. The van der Waals surface area contributed by atoms with Gasteiger partial charge in [0, 0.05) is 6.20 Å². The summed E-state index contributed by atoms with van der Waals surface area (Å²) < 4.78 is 1.88. The molecule has 0 saturated heterocycles. The van der Waals surface area contributed by atoms with Crippen molar-refractivity contribution in [3.05, 3.63) is 47.3 Å². The highest BCUT2D eigenvalue weighted by atomic mass is 16.3. The Morgan fingerprint density at radius 2 is 2.06 bits per heavy atom. The van der Waals surface area contributed by atoms with Gasteiger partial charge >= 0.3 is 0 Å². The molecule has 0 aliphatic heterocycles. The van der Waals surface area contributed by atoms with Crippen LogP contribution in [-0.4, -0.2) is 14.9 Å². The summed E-state index contributed by atoms with van der Waals surface area (Å²) in [5, 5.41) is 13.7. The summed E-state index contributed by atoms with van der Waals surface area (Å²) in [5.74, 6) is 0.439. The van der Waals surface area contributed by atoms with Gasteiger partial charge in [-0.1, -0.05) is 19.9 Å². The first kappa shape index (κ1) is 11.9. The topological polar surface area (TPSA) is 38.0 Å². The molecule has 1 aromatic heterocycles. The molecule has 0 unspecified atom stereocenters. The molecule has 0 radical (unpaired) electrons. The number of nitrogens with zero attached hydrogens (tertiary/aromatic N) is 2. The Balaban J connectivity index is 2.36. The van der Waals surface area contributed by atoms with Gasteiger partial charge in [0.1, 0.15) is 0 Å². The van der Waals surface area contributed by atoms with Crippen LogP contribution in [0.5, 0.6) is 0 Å². The number of aliphatic hydroxyl groups is 1. The molecule has 2 rings (SSSR count). The third kappa shape index (κ3) is 2.39. The maximum Gasteiger partial charge on any atom is 0.0684 e. The van der Waals surface area contributed by atoms with Gasteiger partial charge in [0.2, 0.25) is 0 Å². The lowest BCUT2D eigenvalue weighted by atomic mass is 10.1. The van der Waals surface area contributed by atoms with Crippen LogP contribution in [0.15, 0.2) is 30.5 Å². The van der Waals surface area contributed by atoms with Gasteiger partial charge in [0.05, 0.1) is 18.0 Å². The van der Waals surface area contributed by atoms with E-state index in [9.17, 15) is 0 Å². The van der Waals surface area contributed by atoms with Gasteiger partial charge in [0.15, 0.2) is 0 Å². The number of hydrogen-bond donors (Lipinski definition) is 1. The second-order valence-electron chi connectivity index (χ2n) is 4.61. The highest BCUT2D eigenvalue weighted by Gasteiger charge is 2.05. The molecule has 0 aliphatic rings. The smallest absolute Gasteiger partial charge is 0.0684 e. The largest absolute Gasteiger partial charge is 0.392 e. The minimum Gasteiger partial charge on any atom is -0.392 e. The van der Waals surface area contributed by atoms with Crippen molar-refractivity contribution < 1.29 is 5.11 Å². The maximum absolute atomic E-state index is 9.13. The summed E-state index contributed by atoms with van der Waals surface area (Å²) in [5.41, 5.74) is 4.18. The fraction of sp³-hybridized carbons (Fsp3) is 0.357. The normalized spacial score (nSPS) is 11.1. The van der Waals surface area contributed by atoms with Crippen LogP contribution < -0.4 is 0 Å². The highest BCUT2D eigenvalue weighted by molar-refractivity contribution is 5.39. The van der Waals surface area contributed by atoms with Crippen LogP contribution >= 0.6 is 0 Å². The molecule has 90 valence electrons. The van der Waals surface area contributed by atoms with E-state index < -0.39 is 0 Å². The van der Waals surface area contributed by atoms with E-state index in [1.807, 2.05) is 42.1 Å². The van der Waals surface area contributed by atoms with Gasteiger partial charge in [-0.15, -0.1) is 0 Å². The van der Waals surface area contributed by atoms with Crippen LogP contribution in [0.1, 0.15) is 36.6 Å². The third-order valence-corrected chi connectivity index (χ3v) is 2.96. The minimum atomic E-state index is 0.0858. The molecular weight excluding hydrogens is 212 g/mol. The van der Waals surface area contributed by atoms with E-state index in [1.165, 1.54) is 0 Å². The van der Waals surface area contributed by atoms with Gasteiger partial charge in [-0.25, -0.2) is 4.68 Å². The van der Waals surface area contributed by atoms with E-state index in [2.05, 4.69) is 18.9 Å². The lowest BCUT2D eigenvalue weighted by molar-refractivity contribution is 0.281. The first-order chi connectivity index (χ1) is 8.11. The Bertz CT molecular complexity index is 515. The molecule has 0 atom stereocenters. The van der Waals surface area contributed by atoms with Crippen molar-refractivity contribution in [1.29, 1.82) is 0 Å². The zero-order valence-electron chi connectivity index (χ0n) is 10.5. The van der Waals surface area contributed by atoms with Crippen molar-refractivity contribution in [3.63, 3.8) is 0 Å². The molecule has 3 heteroatoms. The summed E-state index contributed by atoms with van der Waals surface area (Å²) in [6.07, 6.45) is 1.97. The fourth-order valence-corrected chi connectivity index (χ4v) is 1.79. The van der Waals surface area contributed by atoms with Crippen molar-refractivity contribution in [1.82, 2.24) is 9.78 Å². The summed E-state index contributed by atoms with van der Waals surface area (Å²) in [4.78, 5) is 0. The predicted molar refractivity (Wildman–Crippen MR) is 68.3 cm³/mol. The number of benzene rings is 1. The minimum absolute atomic E-state index is 0.0858. The number of rotatable bonds is 3. The van der Waals surface area contributed by atoms with Crippen molar-refractivity contribution in [2.45, 2.75) is 33.3 Å². The number of hydrogen-bond acceptors (Lipinski definition) is 2. The average Bonchev–Trinajstić information content (AvgIpc) is 2.78. The maximum atomic E-state index is 9.13. The zero-order valence-corrected chi connectivity index (χ0v) is 10.5. The van der Waals surface area contributed by atoms with Gasteiger partial charge in [-0.05, 0) is 42.2 Å². The SMILES string of the molecule is Cc1cc(-n2ccc(C(C)C)n2)ccc1CO. The second kappa shape index (κ2) is 4.72. The Morgan fingerprint density at radius 3 is 2.59 bits per heavy atom. The first-order valence-corrected chi connectivity index (χ1v) is 5.88. The van der Waals surface area contributed by atoms with Crippen LogP contribution in [-0.2, 0) is 6.61 Å². The summed E-state index contributed by atoms with van der Waals surface area (Å²) in [7, 11) is 0. The predicted octanol–water partition coefficient (Wildman–Crippen LogP) is 2.80.